The Balaban J connectivity index is 1.57. The number of hydrogen-bond donors (Lipinski definition) is 1. The van der Waals surface area contributed by atoms with E-state index in [-0.39, 0.29) is 6.04 Å². The van der Waals surface area contributed by atoms with Gasteiger partial charge in [-0.15, -0.1) is 0 Å². The van der Waals surface area contributed by atoms with Crippen molar-refractivity contribution in [3.63, 3.8) is 0 Å². The number of aryl methyl sites for hydroxylation is 1. The summed E-state index contributed by atoms with van der Waals surface area (Å²) in [7, 11) is -3.61. The van der Waals surface area contributed by atoms with E-state index < -0.39 is 10.0 Å². The summed E-state index contributed by atoms with van der Waals surface area (Å²) in [6, 6.07) is 21.3. The van der Waals surface area contributed by atoms with Crippen molar-refractivity contribution in [1.82, 2.24) is 9.62 Å². The first kappa shape index (κ1) is 20.0. The van der Waals surface area contributed by atoms with Gasteiger partial charge >= 0.3 is 0 Å². The van der Waals surface area contributed by atoms with Crippen LogP contribution in [0.5, 0.6) is 0 Å². The van der Waals surface area contributed by atoms with Gasteiger partial charge in [0.1, 0.15) is 0 Å². The van der Waals surface area contributed by atoms with Gasteiger partial charge in [-0.05, 0) is 35.4 Å². The summed E-state index contributed by atoms with van der Waals surface area (Å²) in [6.07, 6.45) is 0. The van der Waals surface area contributed by atoms with E-state index in [1.54, 1.807) is 12.1 Å². The fraction of sp³-hybridized carbons (Fsp3) is 0.304. The molecule has 4 rings (SSSR count). The molecule has 0 bridgehead atoms. The normalized spacial score (nSPS) is 16.7. The lowest BCUT2D eigenvalue weighted by atomic mass is 10.0. The van der Waals surface area contributed by atoms with Crippen molar-refractivity contribution in [3.8, 4) is 0 Å². The molecule has 1 heterocycles. The molecule has 3 aromatic rings. The van der Waals surface area contributed by atoms with E-state index in [1.165, 1.54) is 5.56 Å². The molecule has 0 spiro atoms. The van der Waals surface area contributed by atoms with Gasteiger partial charge in [0.2, 0.25) is 10.0 Å². The van der Waals surface area contributed by atoms with Crippen molar-refractivity contribution in [3.05, 3.63) is 77.9 Å². The molecule has 1 N–H and O–H groups in total. The zero-order chi connectivity index (χ0) is 20.3. The summed E-state index contributed by atoms with van der Waals surface area (Å²) in [4.78, 5) is 2.58. The zero-order valence-electron chi connectivity index (χ0n) is 16.5. The van der Waals surface area contributed by atoms with E-state index >= 15 is 0 Å². The third-order valence-corrected chi connectivity index (χ3v) is 6.87. The Kier molecular flexibility index (Phi) is 5.96. The molecular weight excluding hydrogens is 384 g/mol. The minimum atomic E-state index is -3.61. The summed E-state index contributed by atoms with van der Waals surface area (Å²) >= 11 is 0. The standard InChI is InChI=1S/C23H26N2O3S/c1-18-6-8-20(9-7-18)23(25-12-14-28-15-13-25)17-24-29(26,27)22-11-10-19-4-2-3-5-21(19)16-22/h2-11,16,23-24H,12-15,17H2,1H3. The summed E-state index contributed by atoms with van der Waals surface area (Å²) in [5.74, 6) is 0. The topological polar surface area (TPSA) is 58.6 Å². The highest BCUT2D eigenvalue weighted by molar-refractivity contribution is 7.89. The van der Waals surface area contributed by atoms with E-state index in [9.17, 15) is 8.42 Å². The first-order valence-electron chi connectivity index (χ1n) is 9.90. The van der Waals surface area contributed by atoms with Crippen LogP contribution in [0.2, 0.25) is 0 Å². The third kappa shape index (κ3) is 4.67. The monoisotopic (exact) mass is 410 g/mol. The maximum absolute atomic E-state index is 13.0. The SMILES string of the molecule is Cc1ccc(C(CNS(=O)(=O)c2ccc3ccccc3c2)N2CCOCC2)cc1. The van der Waals surface area contributed by atoms with Gasteiger partial charge in [0.05, 0.1) is 18.1 Å². The Labute approximate surface area is 172 Å². The lowest BCUT2D eigenvalue weighted by molar-refractivity contribution is 0.0172. The fourth-order valence-electron chi connectivity index (χ4n) is 3.74. The van der Waals surface area contributed by atoms with E-state index in [4.69, 9.17) is 4.74 Å². The zero-order valence-corrected chi connectivity index (χ0v) is 17.4. The second-order valence-corrected chi connectivity index (χ2v) is 9.20. The Morgan fingerprint density at radius 3 is 2.38 bits per heavy atom. The predicted octanol–water partition coefficient (Wildman–Crippen LogP) is 3.50. The molecule has 5 nitrogen and oxygen atoms in total. The second-order valence-electron chi connectivity index (χ2n) is 7.44. The van der Waals surface area contributed by atoms with E-state index in [0.29, 0.717) is 24.7 Å². The molecule has 1 aliphatic rings. The van der Waals surface area contributed by atoms with Crippen LogP contribution in [0.15, 0.2) is 71.6 Å². The Hall–Kier alpha value is -2.25. The Morgan fingerprint density at radius 2 is 1.66 bits per heavy atom. The average Bonchev–Trinajstić information content (AvgIpc) is 2.75. The number of fused-ring (bicyclic) bond motifs is 1. The van der Waals surface area contributed by atoms with Gasteiger partial charge in [-0.25, -0.2) is 13.1 Å². The number of hydrogen-bond acceptors (Lipinski definition) is 4. The molecule has 1 aliphatic heterocycles. The largest absolute Gasteiger partial charge is 0.379 e. The molecule has 0 amide bonds. The van der Waals surface area contributed by atoms with Crippen LogP contribution in [-0.4, -0.2) is 46.2 Å². The van der Waals surface area contributed by atoms with Crippen molar-refractivity contribution in [2.24, 2.45) is 0 Å². The summed E-state index contributed by atoms with van der Waals surface area (Å²) < 4.78 is 34.3. The average molecular weight is 411 g/mol. The van der Waals surface area contributed by atoms with Crippen molar-refractivity contribution in [1.29, 1.82) is 0 Å². The van der Waals surface area contributed by atoms with E-state index in [2.05, 4.69) is 40.8 Å². The number of rotatable bonds is 6. The first-order valence-corrected chi connectivity index (χ1v) is 11.4. The molecule has 0 aliphatic carbocycles. The summed E-state index contributed by atoms with van der Waals surface area (Å²) in [5.41, 5.74) is 2.30. The van der Waals surface area contributed by atoms with Crippen molar-refractivity contribution < 1.29 is 13.2 Å². The smallest absolute Gasteiger partial charge is 0.240 e. The van der Waals surface area contributed by atoms with Gasteiger partial charge in [0.25, 0.3) is 0 Å². The van der Waals surface area contributed by atoms with Crippen LogP contribution in [0.4, 0.5) is 0 Å². The van der Waals surface area contributed by atoms with Crippen molar-refractivity contribution in [2.45, 2.75) is 17.9 Å². The van der Waals surface area contributed by atoms with Crippen LogP contribution in [0.1, 0.15) is 17.2 Å². The van der Waals surface area contributed by atoms with Gasteiger partial charge in [-0.1, -0.05) is 60.2 Å². The number of benzene rings is 3. The minimum Gasteiger partial charge on any atom is -0.379 e. The highest BCUT2D eigenvalue weighted by atomic mass is 32.2. The number of morpholine rings is 1. The molecule has 1 saturated heterocycles. The molecule has 29 heavy (non-hydrogen) atoms. The van der Waals surface area contributed by atoms with Crippen molar-refractivity contribution >= 4 is 20.8 Å². The fourth-order valence-corrected chi connectivity index (χ4v) is 4.82. The molecule has 1 atom stereocenters. The molecule has 0 radical (unpaired) electrons. The Bertz CT molecular complexity index is 1070. The maximum atomic E-state index is 13.0. The number of nitrogens with one attached hydrogen (secondary N) is 1. The van der Waals surface area contributed by atoms with E-state index in [0.717, 1.165) is 29.4 Å². The highest BCUT2D eigenvalue weighted by Crippen LogP contribution is 2.24. The van der Waals surface area contributed by atoms with Crippen LogP contribution < -0.4 is 4.72 Å². The van der Waals surface area contributed by atoms with Gasteiger partial charge in [0.15, 0.2) is 0 Å². The van der Waals surface area contributed by atoms with E-state index in [1.807, 2.05) is 30.3 Å². The third-order valence-electron chi connectivity index (χ3n) is 5.45. The van der Waals surface area contributed by atoms with Crippen molar-refractivity contribution in [2.75, 3.05) is 32.8 Å². The first-order chi connectivity index (χ1) is 14.0. The number of ether oxygens (including phenoxy) is 1. The molecular formula is C23H26N2O3S. The quantitative estimate of drug-likeness (QED) is 0.676. The summed E-state index contributed by atoms with van der Waals surface area (Å²) in [6.45, 7) is 5.28. The molecule has 6 heteroatoms. The maximum Gasteiger partial charge on any atom is 0.240 e. The molecule has 1 fully saturated rings. The molecule has 1 unspecified atom stereocenters. The van der Waals surface area contributed by atoms with Gasteiger partial charge < -0.3 is 4.74 Å². The number of sulfonamides is 1. The summed E-state index contributed by atoms with van der Waals surface area (Å²) in [5, 5.41) is 1.94. The number of nitrogens with zero attached hydrogens (tertiary/aromatic N) is 1. The minimum absolute atomic E-state index is 0.0327. The van der Waals surface area contributed by atoms with Gasteiger partial charge in [-0.2, -0.15) is 0 Å². The van der Waals surface area contributed by atoms with Gasteiger partial charge in [-0.3, -0.25) is 4.90 Å². The Morgan fingerprint density at radius 1 is 0.966 bits per heavy atom. The van der Waals surface area contributed by atoms with Crippen LogP contribution in [-0.2, 0) is 14.8 Å². The lowest BCUT2D eigenvalue weighted by Crippen LogP contribution is -2.43. The van der Waals surface area contributed by atoms with Crippen LogP contribution >= 0.6 is 0 Å². The van der Waals surface area contributed by atoms with Crippen LogP contribution in [0.3, 0.4) is 0 Å². The molecule has 0 aromatic heterocycles. The van der Waals surface area contributed by atoms with Crippen LogP contribution in [0, 0.1) is 6.92 Å². The lowest BCUT2D eigenvalue weighted by Gasteiger charge is -2.35. The van der Waals surface area contributed by atoms with Gasteiger partial charge in [0, 0.05) is 25.7 Å². The predicted molar refractivity (Wildman–Crippen MR) is 115 cm³/mol. The second kappa shape index (κ2) is 8.63. The highest BCUT2D eigenvalue weighted by Gasteiger charge is 2.25. The van der Waals surface area contributed by atoms with Crippen LogP contribution in [0.25, 0.3) is 10.8 Å². The molecule has 3 aromatic carbocycles. The molecule has 0 saturated carbocycles. The molecule has 152 valence electrons.